The number of likely N-dealkylation sites (tertiary alicyclic amines) is 1. The lowest BCUT2D eigenvalue weighted by Gasteiger charge is -2.24. The fraction of sp³-hybridized carbons (Fsp3) is 0.444. The van der Waals surface area contributed by atoms with Gasteiger partial charge in [0.2, 0.25) is 17.7 Å². The van der Waals surface area contributed by atoms with E-state index in [9.17, 15) is 19.2 Å². The maximum atomic E-state index is 12.4. The number of nitrogens with one attached hydrogen (secondary N) is 2. The average Bonchev–Trinajstić information content (AvgIpc) is 3.14. The molecule has 9 heteroatoms. The number of nitrogens with two attached hydrogens (primary N) is 1. The first-order chi connectivity index (χ1) is 12.9. The van der Waals surface area contributed by atoms with Gasteiger partial charge in [-0.3, -0.25) is 19.2 Å². The van der Waals surface area contributed by atoms with Crippen LogP contribution in [0.2, 0.25) is 0 Å². The molecule has 0 radical (unpaired) electrons. The minimum atomic E-state index is -1.15. The normalized spacial score (nSPS) is 17.2. The molecule has 2 atom stereocenters. The number of carbonyl (C=O) groups excluding carboxylic acids is 3. The summed E-state index contributed by atoms with van der Waals surface area (Å²) in [5.41, 5.74) is 6.79. The highest BCUT2D eigenvalue weighted by molar-refractivity contribution is 5.92. The lowest BCUT2D eigenvalue weighted by molar-refractivity contribution is -0.141. The standard InChI is InChI=1S/C18H24N4O5/c19-13(9-12-5-2-1-3-6-12)17(26)20-10-15(23)22-8-4-7-14(22)18(27)21-11-16(24)25/h1-3,5-6,13-14H,4,7-11,19H2,(H,20,26)(H,21,27)(H,24,25)/t13-,14-/m0/s1. The molecule has 146 valence electrons. The summed E-state index contributed by atoms with van der Waals surface area (Å²) in [5.74, 6) is -2.50. The number of nitrogens with zero attached hydrogens (tertiary/aromatic N) is 1. The second-order valence-corrected chi connectivity index (χ2v) is 6.37. The molecular weight excluding hydrogens is 352 g/mol. The molecule has 1 saturated heterocycles. The fourth-order valence-electron chi connectivity index (χ4n) is 2.97. The number of amides is 3. The molecule has 5 N–H and O–H groups in total. The van der Waals surface area contributed by atoms with Crippen molar-refractivity contribution in [2.75, 3.05) is 19.6 Å². The van der Waals surface area contributed by atoms with Crippen molar-refractivity contribution in [3.8, 4) is 0 Å². The molecule has 0 bridgehead atoms. The third-order valence-electron chi connectivity index (χ3n) is 4.34. The van der Waals surface area contributed by atoms with Crippen LogP contribution in [-0.4, -0.2) is 65.4 Å². The van der Waals surface area contributed by atoms with Crippen molar-refractivity contribution in [3.63, 3.8) is 0 Å². The molecule has 0 aromatic heterocycles. The monoisotopic (exact) mass is 376 g/mol. The summed E-state index contributed by atoms with van der Waals surface area (Å²) >= 11 is 0. The first-order valence-corrected chi connectivity index (χ1v) is 8.74. The summed E-state index contributed by atoms with van der Waals surface area (Å²) in [6, 6.07) is 7.80. The summed E-state index contributed by atoms with van der Waals surface area (Å²) in [7, 11) is 0. The van der Waals surface area contributed by atoms with Gasteiger partial charge in [-0.25, -0.2) is 0 Å². The molecule has 0 spiro atoms. The molecule has 0 aliphatic carbocycles. The van der Waals surface area contributed by atoms with Crippen molar-refractivity contribution in [2.45, 2.75) is 31.3 Å². The SMILES string of the molecule is N[C@@H](Cc1ccccc1)C(=O)NCC(=O)N1CCC[C@H]1C(=O)NCC(=O)O. The van der Waals surface area contributed by atoms with Gasteiger partial charge in [-0.05, 0) is 24.8 Å². The molecule has 27 heavy (non-hydrogen) atoms. The second-order valence-electron chi connectivity index (χ2n) is 6.37. The summed E-state index contributed by atoms with van der Waals surface area (Å²) in [6.45, 7) is -0.373. The Labute approximate surface area is 156 Å². The Morgan fingerprint density at radius 2 is 1.85 bits per heavy atom. The van der Waals surface area contributed by atoms with Crippen LogP contribution < -0.4 is 16.4 Å². The van der Waals surface area contributed by atoms with E-state index < -0.39 is 42.3 Å². The Kier molecular flexibility index (Phi) is 7.30. The van der Waals surface area contributed by atoms with E-state index in [4.69, 9.17) is 10.8 Å². The van der Waals surface area contributed by atoms with Crippen molar-refractivity contribution in [2.24, 2.45) is 5.73 Å². The van der Waals surface area contributed by atoms with Crippen molar-refractivity contribution in [1.82, 2.24) is 15.5 Å². The smallest absolute Gasteiger partial charge is 0.322 e. The van der Waals surface area contributed by atoms with E-state index >= 15 is 0 Å². The topological polar surface area (TPSA) is 142 Å². The van der Waals surface area contributed by atoms with Gasteiger partial charge in [0.1, 0.15) is 12.6 Å². The zero-order chi connectivity index (χ0) is 19.8. The van der Waals surface area contributed by atoms with Gasteiger partial charge in [-0.15, -0.1) is 0 Å². The molecule has 0 unspecified atom stereocenters. The van der Waals surface area contributed by atoms with Gasteiger partial charge in [0.15, 0.2) is 0 Å². The quantitative estimate of drug-likeness (QED) is 0.452. The predicted octanol–water partition coefficient (Wildman–Crippen LogP) is -1.14. The zero-order valence-electron chi connectivity index (χ0n) is 14.9. The third kappa shape index (κ3) is 6.07. The average molecular weight is 376 g/mol. The highest BCUT2D eigenvalue weighted by Crippen LogP contribution is 2.17. The largest absolute Gasteiger partial charge is 0.480 e. The number of benzene rings is 1. The van der Waals surface area contributed by atoms with E-state index in [1.54, 1.807) is 0 Å². The van der Waals surface area contributed by atoms with Crippen LogP contribution in [0, 0.1) is 0 Å². The molecule has 1 fully saturated rings. The lowest BCUT2D eigenvalue weighted by Crippen LogP contribution is -2.51. The van der Waals surface area contributed by atoms with Crippen LogP contribution in [0.1, 0.15) is 18.4 Å². The van der Waals surface area contributed by atoms with Gasteiger partial charge in [0, 0.05) is 6.54 Å². The van der Waals surface area contributed by atoms with Crippen LogP contribution >= 0.6 is 0 Å². The number of carboxylic acid groups (broad SMARTS) is 1. The number of hydrogen-bond donors (Lipinski definition) is 4. The Morgan fingerprint density at radius 1 is 1.15 bits per heavy atom. The van der Waals surface area contributed by atoms with E-state index in [1.807, 2.05) is 30.3 Å². The van der Waals surface area contributed by atoms with Crippen LogP contribution in [0.3, 0.4) is 0 Å². The third-order valence-corrected chi connectivity index (χ3v) is 4.34. The molecule has 1 aliphatic heterocycles. The summed E-state index contributed by atoms with van der Waals surface area (Å²) in [4.78, 5) is 48.4. The minimum Gasteiger partial charge on any atom is -0.480 e. The van der Waals surface area contributed by atoms with Gasteiger partial charge < -0.3 is 26.4 Å². The van der Waals surface area contributed by atoms with Crippen molar-refractivity contribution >= 4 is 23.7 Å². The van der Waals surface area contributed by atoms with Crippen LogP contribution in [-0.2, 0) is 25.6 Å². The number of carbonyl (C=O) groups is 4. The summed E-state index contributed by atoms with van der Waals surface area (Å²) < 4.78 is 0. The predicted molar refractivity (Wildman–Crippen MR) is 96.5 cm³/mol. The number of rotatable bonds is 8. The first kappa shape index (κ1) is 20.4. The van der Waals surface area contributed by atoms with Gasteiger partial charge in [0.25, 0.3) is 0 Å². The maximum Gasteiger partial charge on any atom is 0.322 e. The zero-order valence-corrected chi connectivity index (χ0v) is 14.9. The number of hydrogen-bond acceptors (Lipinski definition) is 5. The van der Waals surface area contributed by atoms with Crippen LogP contribution in [0.25, 0.3) is 0 Å². The van der Waals surface area contributed by atoms with Crippen LogP contribution in [0.5, 0.6) is 0 Å². The van der Waals surface area contributed by atoms with Crippen molar-refractivity contribution < 1.29 is 24.3 Å². The summed E-state index contributed by atoms with van der Waals surface area (Å²) in [5, 5.41) is 13.4. The molecule has 3 amide bonds. The highest BCUT2D eigenvalue weighted by Gasteiger charge is 2.34. The highest BCUT2D eigenvalue weighted by atomic mass is 16.4. The first-order valence-electron chi connectivity index (χ1n) is 8.74. The van der Waals surface area contributed by atoms with Crippen LogP contribution in [0.4, 0.5) is 0 Å². The van der Waals surface area contributed by atoms with Gasteiger partial charge in [-0.1, -0.05) is 30.3 Å². The number of aliphatic carboxylic acids is 1. The fourth-order valence-corrected chi connectivity index (χ4v) is 2.97. The van der Waals surface area contributed by atoms with Crippen LogP contribution in [0.15, 0.2) is 30.3 Å². The molecular formula is C18H24N4O5. The van der Waals surface area contributed by atoms with E-state index in [0.29, 0.717) is 25.8 Å². The Bertz CT molecular complexity index is 694. The summed E-state index contributed by atoms with van der Waals surface area (Å²) in [6.07, 6.45) is 1.45. The Hall–Kier alpha value is -2.94. The Morgan fingerprint density at radius 3 is 2.52 bits per heavy atom. The maximum absolute atomic E-state index is 12.4. The molecule has 9 nitrogen and oxygen atoms in total. The second kappa shape index (κ2) is 9.67. The molecule has 0 saturated carbocycles. The van der Waals surface area contributed by atoms with E-state index in [1.165, 1.54) is 4.90 Å². The minimum absolute atomic E-state index is 0.260. The van der Waals surface area contributed by atoms with E-state index in [0.717, 1.165) is 5.56 Å². The van der Waals surface area contributed by atoms with Gasteiger partial charge in [-0.2, -0.15) is 0 Å². The molecule has 1 heterocycles. The van der Waals surface area contributed by atoms with Crippen molar-refractivity contribution in [3.05, 3.63) is 35.9 Å². The van der Waals surface area contributed by atoms with Crippen molar-refractivity contribution in [1.29, 1.82) is 0 Å². The lowest BCUT2D eigenvalue weighted by atomic mass is 10.1. The van der Waals surface area contributed by atoms with E-state index in [-0.39, 0.29) is 6.54 Å². The number of carboxylic acids is 1. The molecule has 1 aromatic rings. The van der Waals surface area contributed by atoms with Gasteiger partial charge >= 0.3 is 5.97 Å². The van der Waals surface area contributed by atoms with E-state index in [2.05, 4.69) is 10.6 Å². The molecule has 2 rings (SSSR count). The molecule has 1 aliphatic rings. The van der Waals surface area contributed by atoms with Gasteiger partial charge in [0.05, 0.1) is 12.6 Å². The molecule has 1 aromatic carbocycles. The Balaban J connectivity index is 1.82.